The zero-order chi connectivity index (χ0) is 23.8. The molecule has 4 nitrogen and oxygen atoms in total. The summed E-state index contributed by atoms with van der Waals surface area (Å²) in [5.41, 5.74) is 10.9. The van der Waals surface area contributed by atoms with Gasteiger partial charge >= 0.3 is 12.2 Å². The molecule has 4 unspecified atom stereocenters. The number of rotatable bonds is 7. The summed E-state index contributed by atoms with van der Waals surface area (Å²) in [6.07, 6.45) is 17.2. The summed E-state index contributed by atoms with van der Waals surface area (Å²) < 4.78 is 5.55. The van der Waals surface area contributed by atoms with Gasteiger partial charge in [-0.1, -0.05) is 65.5 Å². The Balaban J connectivity index is 1.45. The number of ether oxygens (including phenoxy) is 1. The minimum atomic E-state index is -0.534. The second-order valence-corrected chi connectivity index (χ2v) is 12.8. The van der Waals surface area contributed by atoms with Gasteiger partial charge in [0.1, 0.15) is 6.10 Å². The number of carbonyl (C=O) groups is 1. The van der Waals surface area contributed by atoms with Crippen molar-refractivity contribution in [2.24, 2.45) is 46.3 Å². The average molecular weight is 455 g/mol. The number of hydrogen-bond acceptors (Lipinski definition) is 2. The standard InChI is InChI=1S/C29H46N2O2/c1-19(2)7-6-8-20(3)24-11-12-25-23-10-9-21-17-22(33-27(32)18-31-30)13-15-28(21,4)26(23)14-16-29(24,25)5/h9,18-20,22-26H,6-8,10-17H2,1-5H3/t20-,22?,23?,24-,25?,26?,28+,29-/m1/s1. The van der Waals surface area contributed by atoms with Crippen LogP contribution in [0.4, 0.5) is 0 Å². The SMILES string of the molecule is CC(C)CCC[C@@H](C)[C@H]1CCC2C3CC=C4CC(OC(=O)C=[N+]=[N-])CC[C@]4(C)C3CC[C@@]21C. The van der Waals surface area contributed by atoms with Crippen LogP contribution in [-0.4, -0.2) is 23.1 Å². The number of esters is 1. The lowest BCUT2D eigenvalue weighted by molar-refractivity contribution is -0.146. The molecular formula is C29H46N2O2. The van der Waals surface area contributed by atoms with E-state index in [1.165, 1.54) is 56.9 Å². The first kappa shape index (κ1) is 24.7. The summed E-state index contributed by atoms with van der Waals surface area (Å²) >= 11 is 0. The van der Waals surface area contributed by atoms with Gasteiger partial charge in [-0.05, 0) is 91.3 Å². The van der Waals surface area contributed by atoms with E-state index in [0.29, 0.717) is 5.41 Å². The molecule has 0 saturated heterocycles. The molecular weight excluding hydrogens is 408 g/mol. The Morgan fingerprint density at radius 2 is 1.94 bits per heavy atom. The Morgan fingerprint density at radius 3 is 2.67 bits per heavy atom. The summed E-state index contributed by atoms with van der Waals surface area (Å²) in [5.74, 6) is 4.52. The number of allylic oxidation sites excluding steroid dienone is 1. The average Bonchev–Trinajstić information content (AvgIpc) is 3.11. The monoisotopic (exact) mass is 454 g/mol. The van der Waals surface area contributed by atoms with Gasteiger partial charge in [-0.3, -0.25) is 0 Å². The van der Waals surface area contributed by atoms with Crippen LogP contribution >= 0.6 is 0 Å². The number of fused-ring (bicyclic) bond motifs is 5. The number of hydrogen-bond donors (Lipinski definition) is 0. The van der Waals surface area contributed by atoms with Crippen LogP contribution in [0.5, 0.6) is 0 Å². The molecule has 0 aromatic heterocycles. The molecule has 8 atom stereocenters. The number of carbonyl (C=O) groups excluding carboxylic acids is 1. The van der Waals surface area contributed by atoms with Gasteiger partial charge in [0.2, 0.25) is 0 Å². The van der Waals surface area contributed by atoms with E-state index in [9.17, 15) is 4.79 Å². The van der Waals surface area contributed by atoms with Crippen molar-refractivity contribution in [1.82, 2.24) is 0 Å². The van der Waals surface area contributed by atoms with Gasteiger partial charge in [-0.15, -0.1) is 0 Å². The molecule has 0 N–H and O–H groups in total. The molecule has 184 valence electrons. The second kappa shape index (κ2) is 9.68. The Labute approximate surface area is 201 Å². The van der Waals surface area contributed by atoms with E-state index in [-0.39, 0.29) is 11.5 Å². The lowest BCUT2D eigenvalue weighted by Gasteiger charge is -2.58. The maximum Gasteiger partial charge on any atom is 0.413 e. The van der Waals surface area contributed by atoms with Crippen molar-refractivity contribution < 1.29 is 14.3 Å². The maximum atomic E-state index is 11.8. The largest absolute Gasteiger partial charge is 0.454 e. The molecule has 0 radical (unpaired) electrons. The highest BCUT2D eigenvalue weighted by atomic mass is 16.5. The molecule has 33 heavy (non-hydrogen) atoms. The van der Waals surface area contributed by atoms with E-state index < -0.39 is 5.97 Å². The predicted octanol–water partition coefficient (Wildman–Crippen LogP) is 7.24. The van der Waals surface area contributed by atoms with Crippen molar-refractivity contribution in [3.63, 3.8) is 0 Å². The fraction of sp³-hybridized carbons (Fsp3) is 0.862. The molecule has 0 aromatic carbocycles. The van der Waals surface area contributed by atoms with Crippen molar-refractivity contribution in [2.75, 3.05) is 0 Å². The van der Waals surface area contributed by atoms with E-state index in [2.05, 4.69) is 45.5 Å². The highest BCUT2D eigenvalue weighted by Crippen LogP contribution is 2.67. The molecule has 4 aliphatic rings. The highest BCUT2D eigenvalue weighted by Gasteiger charge is 2.59. The summed E-state index contributed by atoms with van der Waals surface area (Å²) in [5, 5.41) is 0. The summed E-state index contributed by atoms with van der Waals surface area (Å²) in [7, 11) is 0. The smallest absolute Gasteiger partial charge is 0.413 e. The lowest BCUT2D eigenvalue weighted by Crippen LogP contribution is -2.51. The van der Waals surface area contributed by atoms with Crippen molar-refractivity contribution in [2.45, 2.75) is 111 Å². The van der Waals surface area contributed by atoms with Gasteiger partial charge in [0.05, 0.1) is 0 Å². The van der Waals surface area contributed by atoms with Crippen molar-refractivity contribution in [3.05, 3.63) is 17.2 Å². The molecule has 4 rings (SSSR count). The molecule has 3 saturated carbocycles. The van der Waals surface area contributed by atoms with E-state index in [4.69, 9.17) is 10.3 Å². The van der Waals surface area contributed by atoms with Crippen LogP contribution < -0.4 is 0 Å². The summed E-state index contributed by atoms with van der Waals surface area (Å²) in [6, 6.07) is 0. The minimum Gasteiger partial charge on any atom is -0.454 e. The summed E-state index contributed by atoms with van der Waals surface area (Å²) in [6.45, 7) is 12.4. The summed E-state index contributed by atoms with van der Waals surface area (Å²) in [4.78, 5) is 14.6. The quantitative estimate of drug-likeness (QED) is 0.134. The third-order valence-electron chi connectivity index (χ3n) is 10.7. The zero-order valence-corrected chi connectivity index (χ0v) is 21.7. The lowest BCUT2D eigenvalue weighted by atomic mass is 9.47. The van der Waals surface area contributed by atoms with Gasteiger partial charge in [-0.2, -0.15) is 4.79 Å². The molecule has 0 aromatic rings. The molecule has 0 bridgehead atoms. The van der Waals surface area contributed by atoms with Gasteiger partial charge in [0, 0.05) is 6.42 Å². The first-order chi connectivity index (χ1) is 15.7. The minimum absolute atomic E-state index is 0.0808. The molecule has 0 spiro atoms. The van der Waals surface area contributed by atoms with Crippen LogP contribution in [0.2, 0.25) is 0 Å². The predicted molar refractivity (Wildman–Crippen MR) is 133 cm³/mol. The Morgan fingerprint density at radius 1 is 1.15 bits per heavy atom. The first-order valence-corrected chi connectivity index (χ1v) is 13.8. The molecule has 0 heterocycles. The normalized spacial score (nSPS) is 40.7. The molecule has 0 aliphatic heterocycles. The molecule has 4 aliphatic carbocycles. The van der Waals surface area contributed by atoms with Crippen molar-refractivity contribution in [1.29, 1.82) is 0 Å². The van der Waals surface area contributed by atoms with Gasteiger partial charge in [-0.25, -0.2) is 4.79 Å². The van der Waals surface area contributed by atoms with E-state index in [1.807, 2.05) is 0 Å². The van der Waals surface area contributed by atoms with E-state index in [1.54, 1.807) is 0 Å². The van der Waals surface area contributed by atoms with Crippen LogP contribution in [0.15, 0.2) is 11.6 Å². The van der Waals surface area contributed by atoms with Crippen LogP contribution in [-0.2, 0) is 9.53 Å². The molecule has 3 fully saturated rings. The van der Waals surface area contributed by atoms with Crippen LogP contribution in [0.25, 0.3) is 5.53 Å². The van der Waals surface area contributed by atoms with Crippen molar-refractivity contribution in [3.8, 4) is 0 Å². The third-order valence-corrected chi connectivity index (χ3v) is 10.7. The number of nitrogens with zero attached hydrogens (tertiary/aromatic N) is 2. The Bertz CT molecular complexity index is 812. The van der Waals surface area contributed by atoms with Crippen LogP contribution in [0.1, 0.15) is 105 Å². The second-order valence-electron chi connectivity index (χ2n) is 12.8. The van der Waals surface area contributed by atoms with Crippen LogP contribution in [0.3, 0.4) is 0 Å². The van der Waals surface area contributed by atoms with E-state index >= 15 is 0 Å². The highest BCUT2D eigenvalue weighted by molar-refractivity contribution is 6.20. The first-order valence-electron chi connectivity index (χ1n) is 13.8. The Kier molecular flexibility index (Phi) is 7.25. The molecule has 0 amide bonds. The Hall–Kier alpha value is -1.41. The van der Waals surface area contributed by atoms with Gasteiger partial charge in [0.25, 0.3) is 0 Å². The third kappa shape index (κ3) is 4.62. The fourth-order valence-corrected chi connectivity index (χ4v) is 8.99. The van der Waals surface area contributed by atoms with Crippen molar-refractivity contribution >= 4 is 12.2 Å². The van der Waals surface area contributed by atoms with Gasteiger partial charge < -0.3 is 10.3 Å². The van der Waals surface area contributed by atoms with Gasteiger partial charge in [0.15, 0.2) is 0 Å². The van der Waals surface area contributed by atoms with Crippen LogP contribution in [0, 0.1) is 46.3 Å². The molecule has 4 heteroatoms. The maximum absolute atomic E-state index is 11.8. The fourth-order valence-electron chi connectivity index (χ4n) is 8.99. The zero-order valence-electron chi connectivity index (χ0n) is 21.7. The van der Waals surface area contributed by atoms with E-state index in [0.717, 1.165) is 61.0 Å². The topological polar surface area (TPSA) is 62.7 Å².